The molecule has 1 amide bonds. The van der Waals surface area contributed by atoms with Gasteiger partial charge in [0.1, 0.15) is 11.6 Å². The van der Waals surface area contributed by atoms with E-state index in [0.29, 0.717) is 18.1 Å². The zero-order chi connectivity index (χ0) is 16.3. The van der Waals surface area contributed by atoms with Crippen molar-refractivity contribution in [3.05, 3.63) is 6.07 Å². The Morgan fingerprint density at radius 2 is 2.05 bits per heavy atom. The second-order valence-corrected chi connectivity index (χ2v) is 8.20. The van der Waals surface area contributed by atoms with Gasteiger partial charge in [-0.1, -0.05) is 11.8 Å². The van der Waals surface area contributed by atoms with Crippen molar-refractivity contribution in [3.63, 3.8) is 0 Å². The predicted octanol–water partition coefficient (Wildman–Crippen LogP) is -0.231. The van der Waals surface area contributed by atoms with Crippen LogP contribution in [0.2, 0.25) is 0 Å². The van der Waals surface area contributed by atoms with Gasteiger partial charge in [0.15, 0.2) is 15.0 Å². The summed E-state index contributed by atoms with van der Waals surface area (Å²) in [6.45, 7) is 2.31. The smallest absolute Gasteiger partial charge is 0.233 e. The lowest BCUT2D eigenvalue weighted by Gasteiger charge is -2.26. The standard InChI is InChI=1S/C12H19N5O3S2/c1-2-17(8-3-4-22(19,20)7-8)11(18)6-21-12-15-9(13)5-10(14)16-12/h5,8H,2-4,6-7H2,1H3,(H4,13,14,15,16)/t8-/m1/s1. The third-order valence-electron chi connectivity index (χ3n) is 3.38. The van der Waals surface area contributed by atoms with Gasteiger partial charge in [0, 0.05) is 18.7 Å². The Morgan fingerprint density at radius 3 is 2.55 bits per heavy atom. The third kappa shape index (κ3) is 4.23. The van der Waals surface area contributed by atoms with Crippen LogP contribution in [-0.2, 0) is 14.6 Å². The molecule has 1 aliphatic heterocycles. The molecule has 1 aromatic rings. The number of amides is 1. The first-order valence-electron chi connectivity index (χ1n) is 6.83. The number of carbonyl (C=O) groups is 1. The first-order valence-corrected chi connectivity index (χ1v) is 9.64. The first-order chi connectivity index (χ1) is 10.3. The zero-order valence-corrected chi connectivity index (χ0v) is 13.9. The normalized spacial score (nSPS) is 20.0. The molecule has 1 saturated heterocycles. The Kier molecular flexibility index (Phi) is 5.12. The average molecular weight is 345 g/mol. The van der Waals surface area contributed by atoms with E-state index in [1.165, 1.54) is 6.07 Å². The first kappa shape index (κ1) is 16.8. The minimum absolute atomic E-state index is 0.0407. The lowest BCUT2D eigenvalue weighted by molar-refractivity contribution is -0.129. The van der Waals surface area contributed by atoms with Gasteiger partial charge in [0.25, 0.3) is 0 Å². The molecule has 8 nitrogen and oxygen atoms in total. The Balaban J connectivity index is 1.98. The summed E-state index contributed by atoms with van der Waals surface area (Å²) < 4.78 is 23.1. The molecular weight excluding hydrogens is 326 g/mol. The van der Waals surface area contributed by atoms with Gasteiger partial charge in [-0.25, -0.2) is 18.4 Å². The number of thioether (sulfide) groups is 1. The molecular formula is C12H19N5O3S2. The van der Waals surface area contributed by atoms with Crippen molar-refractivity contribution in [2.24, 2.45) is 0 Å². The Labute approximate surface area is 133 Å². The summed E-state index contributed by atoms with van der Waals surface area (Å²) in [5.41, 5.74) is 11.1. The van der Waals surface area contributed by atoms with E-state index in [1.54, 1.807) is 4.90 Å². The fourth-order valence-electron chi connectivity index (χ4n) is 2.40. The second-order valence-electron chi connectivity index (χ2n) is 5.03. The fourth-order valence-corrected chi connectivity index (χ4v) is 4.88. The van der Waals surface area contributed by atoms with Crippen LogP contribution < -0.4 is 11.5 Å². The van der Waals surface area contributed by atoms with E-state index in [4.69, 9.17) is 11.5 Å². The van der Waals surface area contributed by atoms with Crippen LogP contribution in [0.3, 0.4) is 0 Å². The predicted molar refractivity (Wildman–Crippen MR) is 86.0 cm³/mol. The topological polar surface area (TPSA) is 132 Å². The van der Waals surface area contributed by atoms with E-state index in [0.717, 1.165) is 11.8 Å². The molecule has 1 aromatic heterocycles. The summed E-state index contributed by atoms with van der Waals surface area (Å²) in [7, 11) is -3.02. The molecule has 2 heterocycles. The number of hydrogen-bond acceptors (Lipinski definition) is 8. The lowest BCUT2D eigenvalue weighted by Crippen LogP contribution is -2.41. The minimum atomic E-state index is -3.02. The van der Waals surface area contributed by atoms with Gasteiger partial charge in [0.05, 0.1) is 17.3 Å². The second kappa shape index (κ2) is 6.69. The molecule has 22 heavy (non-hydrogen) atoms. The SMILES string of the molecule is CCN(C(=O)CSc1nc(N)cc(N)n1)[C@@H]1CCS(=O)(=O)C1. The summed E-state index contributed by atoms with van der Waals surface area (Å²) in [5.74, 6) is 0.656. The number of aromatic nitrogens is 2. The number of carbonyl (C=O) groups excluding carboxylic acids is 1. The van der Waals surface area contributed by atoms with Crippen LogP contribution >= 0.6 is 11.8 Å². The van der Waals surface area contributed by atoms with E-state index in [-0.39, 0.29) is 40.8 Å². The maximum absolute atomic E-state index is 12.3. The highest BCUT2D eigenvalue weighted by atomic mass is 32.2. The molecule has 0 spiro atoms. The monoisotopic (exact) mass is 345 g/mol. The van der Waals surface area contributed by atoms with Crippen molar-refractivity contribution < 1.29 is 13.2 Å². The maximum atomic E-state index is 12.3. The summed E-state index contributed by atoms with van der Waals surface area (Å²) in [6.07, 6.45) is 0.494. The number of nitrogens with two attached hydrogens (primary N) is 2. The van der Waals surface area contributed by atoms with Crippen LogP contribution in [0.5, 0.6) is 0 Å². The van der Waals surface area contributed by atoms with Crippen LogP contribution in [0, 0.1) is 0 Å². The lowest BCUT2D eigenvalue weighted by atomic mass is 10.2. The molecule has 0 unspecified atom stereocenters. The quantitative estimate of drug-likeness (QED) is 0.552. The Morgan fingerprint density at radius 1 is 1.41 bits per heavy atom. The molecule has 1 aliphatic rings. The molecule has 4 N–H and O–H groups in total. The van der Waals surface area contributed by atoms with Crippen LogP contribution in [0.25, 0.3) is 0 Å². The molecule has 2 rings (SSSR count). The molecule has 1 atom stereocenters. The molecule has 0 aromatic carbocycles. The molecule has 0 aliphatic carbocycles. The van der Waals surface area contributed by atoms with E-state index < -0.39 is 9.84 Å². The van der Waals surface area contributed by atoms with Gasteiger partial charge in [-0.2, -0.15) is 0 Å². The summed E-state index contributed by atoms with van der Waals surface area (Å²) in [4.78, 5) is 21.9. The largest absolute Gasteiger partial charge is 0.383 e. The number of sulfone groups is 1. The highest BCUT2D eigenvalue weighted by molar-refractivity contribution is 7.99. The number of anilines is 2. The van der Waals surface area contributed by atoms with Gasteiger partial charge in [0.2, 0.25) is 5.91 Å². The minimum Gasteiger partial charge on any atom is -0.383 e. The number of nitrogens with zero attached hydrogens (tertiary/aromatic N) is 3. The maximum Gasteiger partial charge on any atom is 0.233 e. The zero-order valence-electron chi connectivity index (χ0n) is 12.2. The average Bonchev–Trinajstić information content (AvgIpc) is 2.76. The summed E-state index contributed by atoms with van der Waals surface area (Å²) in [5, 5.41) is 0.334. The van der Waals surface area contributed by atoms with Crippen LogP contribution in [0.4, 0.5) is 11.6 Å². The van der Waals surface area contributed by atoms with E-state index >= 15 is 0 Å². The molecule has 1 fully saturated rings. The van der Waals surface area contributed by atoms with E-state index in [2.05, 4.69) is 9.97 Å². The van der Waals surface area contributed by atoms with E-state index in [9.17, 15) is 13.2 Å². The number of rotatable bonds is 5. The fraction of sp³-hybridized carbons (Fsp3) is 0.583. The Hall–Kier alpha value is -1.55. The van der Waals surface area contributed by atoms with E-state index in [1.807, 2.05) is 6.92 Å². The van der Waals surface area contributed by atoms with Crippen molar-refractivity contribution in [1.29, 1.82) is 0 Å². The van der Waals surface area contributed by atoms with Gasteiger partial charge in [-0.15, -0.1) is 0 Å². The van der Waals surface area contributed by atoms with Crippen LogP contribution in [0.15, 0.2) is 11.2 Å². The van der Waals surface area contributed by atoms with Crippen molar-refractivity contribution in [1.82, 2.24) is 14.9 Å². The van der Waals surface area contributed by atoms with Crippen LogP contribution in [-0.4, -0.2) is 59.0 Å². The highest BCUT2D eigenvalue weighted by Gasteiger charge is 2.33. The van der Waals surface area contributed by atoms with Crippen molar-refractivity contribution in [2.75, 3.05) is 35.3 Å². The summed E-state index contributed by atoms with van der Waals surface area (Å²) >= 11 is 1.14. The molecule has 10 heteroatoms. The highest BCUT2D eigenvalue weighted by Crippen LogP contribution is 2.21. The number of nitrogen functional groups attached to an aromatic ring is 2. The van der Waals surface area contributed by atoms with Gasteiger partial charge < -0.3 is 16.4 Å². The van der Waals surface area contributed by atoms with Crippen molar-refractivity contribution in [3.8, 4) is 0 Å². The number of hydrogen-bond donors (Lipinski definition) is 2. The van der Waals surface area contributed by atoms with Crippen molar-refractivity contribution >= 4 is 39.1 Å². The van der Waals surface area contributed by atoms with Gasteiger partial charge >= 0.3 is 0 Å². The summed E-state index contributed by atoms with van der Waals surface area (Å²) in [6, 6.07) is 1.20. The van der Waals surface area contributed by atoms with Gasteiger partial charge in [-0.3, -0.25) is 4.79 Å². The molecule has 0 bridgehead atoms. The Bertz CT molecular complexity index is 644. The molecule has 122 valence electrons. The van der Waals surface area contributed by atoms with Crippen LogP contribution in [0.1, 0.15) is 13.3 Å². The molecule has 0 radical (unpaired) electrons. The molecule has 0 saturated carbocycles. The van der Waals surface area contributed by atoms with Gasteiger partial charge in [-0.05, 0) is 13.3 Å². The third-order valence-corrected chi connectivity index (χ3v) is 5.96. The van der Waals surface area contributed by atoms with Crippen molar-refractivity contribution in [2.45, 2.75) is 24.5 Å².